The van der Waals surface area contributed by atoms with Crippen molar-refractivity contribution in [1.29, 1.82) is 0 Å². The van der Waals surface area contributed by atoms with Gasteiger partial charge in [-0.15, -0.1) is 0 Å². The fourth-order valence-corrected chi connectivity index (χ4v) is 3.62. The number of anilines is 1. The molecule has 35 heavy (non-hydrogen) atoms. The van der Waals surface area contributed by atoms with Crippen LogP contribution in [0.4, 0.5) is 36.4 Å². The summed E-state index contributed by atoms with van der Waals surface area (Å²) >= 11 is 0. The van der Waals surface area contributed by atoms with E-state index >= 15 is 0 Å². The summed E-state index contributed by atoms with van der Waals surface area (Å²) in [6.07, 6.45) is -4.25. The van der Waals surface area contributed by atoms with Crippen LogP contribution in [0, 0.1) is 5.82 Å². The molecular formula is C23H18F7NO3S. The summed E-state index contributed by atoms with van der Waals surface area (Å²) in [7, 11) is -5.54. The molecule has 12 heteroatoms. The van der Waals surface area contributed by atoms with Crippen molar-refractivity contribution in [2.24, 2.45) is 0 Å². The van der Waals surface area contributed by atoms with Crippen molar-refractivity contribution in [2.45, 2.75) is 24.7 Å². The molecule has 0 aliphatic carbocycles. The van der Waals surface area contributed by atoms with E-state index in [0.717, 1.165) is 12.1 Å². The molecule has 1 N–H and O–H groups in total. The molecular weight excluding hydrogens is 503 g/mol. The van der Waals surface area contributed by atoms with Gasteiger partial charge in [-0.2, -0.15) is 34.8 Å². The van der Waals surface area contributed by atoms with Gasteiger partial charge in [-0.25, -0.2) is 4.39 Å². The van der Waals surface area contributed by atoms with E-state index in [2.05, 4.69) is 0 Å². The summed E-state index contributed by atoms with van der Waals surface area (Å²) in [6, 6.07) is 13.8. The Morgan fingerprint density at radius 3 is 2.09 bits per heavy atom. The van der Waals surface area contributed by atoms with Crippen LogP contribution in [-0.4, -0.2) is 20.5 Å². The Kier molecular flexibility index (Phi) is 7.75. The van der Waals surface area contributed by atoms with Gasteiger partial charge in [0.05, 0.1) is 18.8 Å². The van der Waals surface area contributed by atoms with Crippen LogP contribution in [0.25, 0.3) is 11.1 Å². The summed E-state index contributed by atoms with van der Waals surface area (Å²) < 4.78 is 119. The molecule has 0 heterocycles. The van der Waals surface area contributed by atoms with Gasteiger partial charge in [-0.05, 0) is 53.4 Å². The highest BCUT2D eigenvalue weighted by Crippen LogP contribution is 2.31. The molecule has 0 atom stereocenters. The fourth-order valence-electron chi connectivity index (χ4n) is 3.07. The molecule has 0 fully saturated rings. The van der Waals surface area contributed by atoms with E-state index in [9.17, 15) is 39.2 Å². The van der Waals surface area contributed by atoms with Gasteiger partial charge in [-0.1, -0.05) is 36.4 Å². The Balaban J connectivity index is 1.56. The highest BCUT2D eigenvalue weighted by Gasteiger charge is 2.46. The summed E-state index contributed by atoms with van der Waals surface area (Å²) in [5.74, 6) is -0.619. The Morgan fingerprint density at radius 1 is 0.829 bits per heavy atom. The monoisotopic (exact) mass is 521 g/mol. The molecule has 0 unspecified atom stereocenters. The third-order valence-corrected chi connectivity index (χ3v) is 5.99. The van der Waals surface area contributed by atoms with Crippen LogP contribution in [-0.2, 0) is 34.0 Å². The quantitative estimate of drug-likeness (QED) is 0.271. The number of sulfonamides is 1. The predicted octanol–water partition coefficient (Wildman–Crippen LogP) is 6.53. The first-order valence-electron chi connectivity index (χ1n) is 9.98. The Bertz CT molecular complexity index is 1270. The second kappa shape index (κ2) is 10.2. The minimum absolute atomic E-state index is 0.0650. The van der Waals surface area contributed by atoms with Gasteiger partial charge >= 0.3 is 21.7 Å². The van der Waals surface area contributed by atoms with Crippen molar-refractivity contribution in [2.75, 3.05) is 11.3 Å². The maximum absolute atomic E-state index is 14.4. The van der Waals surface area contributed by atoms with E-state index in [1.54, 1.807) is 12.1 Å². The molecule has 0 saturated heterocycles. The first-order chi connectivity index (χ1) is 16.3. The van der Waals surface area contributed by atoms with Crippen molar-refractivity contribution in [1.82, 2.24) is 0 Å². The second-order valence-electron chi connectivity index (χ2n) is 7.44. The molecule has 0 aliphatic rings. The van der Waals surface area contributed by atoms with Gasteiger partial charge in [0.2, 0.25) is 0 Å². The van der Waals surface area contributed by atoms with Crippen LogP contribution in [0.2, 0.25) is 0 Å². The van der Waals surface area contributed by atoms with Gasteiger partial charge < -0.3 is 4.74 Å². The molecule has 3 aromatic carbocycles. The third kappa shape index (κ3) is 6.95. The number of benzene rings is 3. The summed E-state index contributed by atoms with van der Waals surface area (Å²) in [5, 5.41) is 0. The number of hydrogen-bond donors (Lipinski definition) is 1. The third-order valence-electron chi connectivity index (χ3n) is 4.88. The fraction of sp³-hybridized carbons (Fsp3) is 0.217. The van der Waals surface area contributed by atoms with E-state index in [1.807, 2.05) is 0 Å². The number of halogens is 7. The van der Waals surface area contributed by atoms with Crippen molar-refractivity contribution < 1.29 is 43.9 Å². The number of hydrogen-bond acceptors (Lipinski definition) is 3. The van der Waals surface area contributed by atoms with Crippen LogP contribution in [0.1, 0.15) is 16.7 Å². The maximum Gasteiger partial charge on any atom is 0.516 e. The normalized spacial score (nSPS) is 12.5. The Hall–Kier alpha value is -3.12. The molecule has 188 valence electrons. The van der Waals surface area contributed by atoms with E-state index in [0.29, 0.717) is 16.7 Å². The predicted molar refractivity (Wildman–Crippen MR) is 115 cm³/mol. The number of rotatable bonds is 8. The van der Waals surface area contributed by atoms with Crippen LogP contribution in [0.15, 0.2) is 66.7 Å². The van der Waals surface area contributed by atoms with Crippen LogP contribution < -0.4 is 4.72 Å². The maximum atomic E-state index is 14.4. The summed E-state index contributed by atoms with van der Waals surface area (Å²) in [5.41, 5.74) is -5.03. The molecule has 0 saturated carbocycles. The summed E-state index contributed by atoms with van der Waals surface area (Å²) in [4.78, 5) is 0. The molecule has 0 bridgehead atoms. The van der Waals surface area contributed by atoms with Gasteiger partial charge in [0.15, 0.2) is 0 Å². The zero-order chi connectivity index (χ0) is 25.9. The smallest absolute Gasteiger partial charge is 0.376 e. The molecule has 0 aliphatic heterocycles. The van der Waals surface area contributed by atoms with Gasteiger partial charge in [0.25, 0.3) is 0 Å². The van der Waals surface area contributed by atoms with Crippen molar-refractivity contribution in [3.63, 3.8) is 0 Å². The SMILES string of the molecule is O=S(=O)(Nc1cccc(CCOCc2ccc(-c3ccc(C(F)(F)F)cc3)cc2F)c1)C(F)(F)F. The Labute approximate surface area is 196 Å². The lowest BCUT2D eigenvalue weighted by atomic mass is 10.0. The highest BCUT2D eigenvalue weighted by molar-refractivity contribution is 7.93. The van der Waals surface area contributed by atoms with Crippen molar-refractivity contribution in [3.8, 4) is 11.1 Å². The average Bonchev–Trinajstić information content (AvgIpc) is 2.76. The second-order valence-corrected chi connectivity index (χ2v) is 9.11. The zero-order valence-corrected chi connectivity index (χ0v) is 18.6. The lowest BCUT2D eigenvalue weighted by Crippen LogP contribution is -2.29. The molecule has 4 nitrogen and oxygen atoms in total. The van der Waals surface area contributed by atoms with E-state index in [1.165, 1.54) is 47.2 Å². The van der Waals surface area contributed by atoms with E-state index in [4.69, 9.17) is 4.74 Å². The number of nitrogens with one attached hydrogen (secondary N) is 1. The number of ether oxygens (including phenoxy) is 1. The topological polar surface area (TPSA) is 55.4 Å². The molecule has 3 rings (SSSR count). The van der Waals surface area contributed by atoms with Gasteiger partial charge in [0.1, 0.15) is 5.82 Å². The summed E-state index contributed by atoms with van der Waals surface area (Å²) in [6.45, 7) is -0.0604. The zero-order valence-electron chi connectivity index (χ0n) is 17.8. The standard InChI is InChI=1S/C23H18F7NO3S/c24-21-13-17(16-6-8-19(9-7-16)22(25,26)27)4-5-18(21)14-34-11-10-15-2-1-3-20(12-15)31-35(32,33)23(28,29)30/h1-9,12-13,31H,10-11,14H2. The minimum atomic E-state index is -5.54. The largest absolute Gasteiger partial charge is 0.516 e. The highest BCUT2D eigenvalue weighted by atomic mass is 32.2. The molecule has 0 radical (unpaired) electrons. The van der Waals surface area contributed by atoms with Crippen LogP contribution in [0.5, 0.6) is 0 Å². The molecule has 0 aromatic heterocycles. The van der Waals surface area contributed by atoms with Crippen molar-refractivity contribution >= 4 is 15.7 Å². The van der Waals surface area contributed by atoms with Crippen LogP contribution in [0.3, 0.4) is 0 Å². The van der Waals surface area contributed by atoms with Crippen molar-refractivity contribution in [3.05, 3.63) is 89.2 Å². The minimum Gasteiger partial charge on any atom is -0.376 e. The lowest BCUT2D eigenvalue weighted by Gasteiger charge is -2.12. The molecule has 3 aromatic rings. The lowest BCUT2D eigenvalue weighted by molar-refractivity contribution is -0.137. The first-order valence-corrected chi connectivity index (χ1v) is 11.5. The van der Waals surface area contributed by atoms with E-state index in [-0.39, 0.29) is 30.9 Å². The molecule has 0 spiro atoms. The number of alkyl halides is 6. The van der Waals surface area contributed by atoms with Gasteiger partial charge in [-0.3, -0.25) is 4.72 Å². The van der Waals surface area contributed by atoms with E-state index < -0.39 is 33.1 Å². The first kappa shape index (κ1) is 26.5. The average molecular weight is 521 g/mol. The van der Waals surface area contributed by atoms with Gasteiger partial charge in [0, 0.05) is 11.3 Å². The molecule has 0 amide bonds. The van der Waals surface area contributed by atoms with Crippen LogP contribution >= 0.6 is 0 Å². The Morgan fingerprint density at radius 2 is 1.49 bits per heavy atom.